The van der Waals surface area contributed by atoms with Crippen molar-refractivity contribution >= 4 is 16.8 Å². The number of carbonyl (C=O) groups is 1. The van der Waals surface area contributed by atoms with Gasteiger partial charge in [0.25, 0.3) is 0 Å². The minimum absolute atomic E-state index is 0.183. The Morgan fingerprint density at radius 1 is 1.40 bits per heavy atom. The van der Waals surface area contributed by atoms with Crippen LogP contribution >= 0.6 is 0 Å². The largest absolute Gasteiger partial charge is 0.481 e. The number of aryl methyl sites for hydroxylation is 1. The first kappa shape index (κ1) is 15.2. The van der Waals surface area contributed by atoms with Crippen molar-refractivity contribution in [2.75, 3.05) is 5.75 Å². The van der Waals surface area contributed by atoms with E-state index in [-0.39, 0.29) is 11.7 Å². The molecule has 0 aliphatic heterocycles. The Labute approximate surface area is 121 Å². The zero-order chi connectivity index (χ0) is 14.8. The summed E-state index contributed by atoms with van der Waals surface area (Å²) < 4.78 is 12.3. The van der Waals surface area contributed by atoms with Crippen molar-refractivity contribution < 1.29 is 19.2 Å². The summed E-state index contributed by atoms with van der Waals surface area (Å²) in [5.41, 5.74) is 0.0398. The van der Waals surface area contributed by atoms with Gasteiger partial charge in [-0.05, 0) is 50.3 Å². The predicted octanol–water partition coefficient (Wildman–Crippen LogP) is 2.11. The Balaban J connectivity index is 1.99. The Morgan fingerprint density at radius 2 is 2.05 bits per heavy atom. The summed E-state index contributed by atoms with van der Waals surface area (Å²) in [6.45, 7) is 1.94. The van der Waals surface area contributed by atoms with Gasteiger partial charge in [0.2, 0.25) is 0 Å². The molecule has 0 saturated heterocycles. The summed E-state index contributed by atoms with van der Waals surface area (Å²) in [5.74, 6) is -0.988. The first-order chi connectivity index (χ1) is 9.39. The monoisotopic (exact) mass is 296 g/mol. The van der Waals surface area contributed by atoms with Crippen molar-refractivity contribution in [1.82, 2.24) is 0 Å². The lowest BCUT2D eigenvalue weighted by atomic mass is 9.80. The van der Waals surface area contributed by atoms with Crippen LogP contribution in [0.1, 0.15) is 31.2 Å². The first-order valence-electron chi connectivity index (χ1n) is 6.80. The highest BCUT2D eigenvalue weighted by Crippen LogP contribution is 2.33. The molecular formula is C15H20O4S. The molecule has 0 amide bonds. The molecule has 4 nitrogen and oxygen atoms in total. The Morgan fingerprint density at radius 3 is 2.60 bits per heavy atom. The molecule has 1 atom stereocenters. The molecule has 1 saturated carbocycles. The number of aliphatic carboxylic acids is 1. The van der Waals surface area contributed by atoms with Gasteiger partial charge in [0.05, 0.1) is 28.1 Å². The van der Waals surface area contributed by atoms with E-state index in [9.17, 15) is 14.1 Å². The second-order valence-corrected chi connectivity index (χ2v) is 7.09. The summed E-state index contributed by atoms with van der Waals surface area (Å²) in [6, 6.07) is 7.46. The third kappa shape index (κ3) is 3.67. The molecule has 1 aromatic carbocycles. The van der Waals surface area contributed by atoms with Gasteiger partial charge in [-0.2, -0.15) is 0 Å². The number of benzene rings is 1. The summed E-state index contributed by atoms with van der Waals surface area (Å²) >= 11 is 0. The minimum atomic E-state index is -1.25. The van der Waals surface area contributed by atoms with Gasteiger partial charge in [0.1, 0.15) is 0 Å². The predicted molar refractivity (Wildman–Crippen MR) is 77.0 cm³/mol. The van der Waals surface area contributed by atoms with Crippen molar-refractivity contribution in [3.05, 3.63) is 29.8 Å². The van der Waals surface area contributed by atoms with Crippen molar-refractivity contribution in [3.8, 4) is 0 Å². The van der Waals surface area contributed by atoms with E-state index in [4.69, 9.17) is 5.11 Å². The van der Waals surface area contributed by atoms with Crippen LogP contribution in [0.15, 0.2) is 29.2 Å². The van der Waals surface area contributed by atoms with E-state index >= 15 is 0 Å². The van der Waals surface area contributed by atoms with Crippen LogP contribution in [0.5, 0.6) is 0 Å². The highest BCUT2D eigenvalue weighted by Gasteiger charge is 2.37. The first-order valence-corrected chi connectivity index (χ1v) is 8.12. The fourth-order valence-electron chi connectivity index (χ4n) is 2.63. The summed E-state index contributed by atoms with van der Waals surface area (Å²) in [7, 11) is -1.25. The second-order valence-electron chi connectivity index (χ2n) is 5.64. The second kappa shape index (κ2) is 6.06. The fourth-order valence-corrected chi connectivity index (χ4v) is 4.12. The molecule has 110 valence electrons. The van der Waals surface area contributed by atoms with Crippen LogP contribution in [0.2, 0.25) is 0 Å². The molecule has 0 heterocycles. The standard InChI is InChI=1S/C15H20O4S/c1-11-3-2-4-13(9-11)20(19)10-15(18)7-5-12(6-8-15)14(16)17/h2-4,9,12,18H,5-8,10H2,1H3,(H,16,17). The maximum atomic E-state index is 12.3. The van der Waals surface area contributed by atoms with Gasteiger partial charge in [-0.1, -0.05) is 12.1 Å². The Kier molecular flexibility index (Phi) is 4.60. The van der Waals surface area contributed by atoms with E-state index in [0.717, 1.165) is 10.5 Å². The van der Waals surface area contributed by atoms with Gasteiger partial charge in [0, 0.05) is 4.90 Å². The molecule has 20 heavy (non-hydrogen) atoms. The molecule has 0 spiro atoms. The lowest BCUT2D eigenvalue weighted by Crippen LogP contribution is -2.40. The van der Waals surface area contributed by atoms with E-state index < -0.39 is 22.4 Å². The number of hydrogen-bond donors (Lipinski definition) is 2. The van der Waals surface area contributed by atoms with Crippen molar-refractivity contribution in [2.24, 2.45) is 5.92 Å². The molecule has 0 aromatic heterocycles. The van der Waals surface area contributed by atoms with Gasteiger partial charge in [0.15, 0.2) is 0 Å². The van der Waals surface area contributed by atoms with Gasteiger partial charge in [-0.15, -0.1) is 0 Å². The highest BCUT2D eigenvalue weighted by atomic mass is 32.2. The Hall–Kier alpha value is -1.20. The summed E-state index contributed by atoms with van der Waals surface area (Å²) in [5, 5.41) is 19.4. The molecule has 1 unspecified atom stereocenters. The van der Waals surface area contributed by atoms with Crippen LogP contribution in [0.25, 0.3) is 0 Å². The normalized spacial score (nSPS) is 28.0. The molecule has 5 heteroatoms. The topological polar surface area (TPSA) is 74.6 Å². The molecule has 1 aliphatic rings. The van der Waals surface area contributed by atoms with Crippen LogP contribution in [0.3, 0.4) is 0 Å². The number of aliphatic hydroxyl groups is 1. The van der Waals surface area contributed by atoms with Crippen LogP contribution in [-0.2, 0) is 15.6 Å². The lowest BCUT2D eigenvalue weighted by molar-refractivity contribution is -0.144. The van der Waals surface area contributed by atoms with Gasteiger partial charge >= 0.3 is 5.97 Å². The molecular weight excluding hydrogens is 276 g/mol. The third-order valence-corrected chi connectivity index (χ3v) is 5.50. The highest BCUT2D eigenvalue weighted by molar-refractivity contribution is 7.85. The average molecular weight is 296 g/mol. The molecule has 0 radical (unpaired) electrons. The van der Waals surface area contributed by atoms with E-state index in [0.29, 0.717) is 25.7 Å². The fraction of sp³-hybridized carbons (Fsp3) is 0.533. The van der Waals surface area contributed by atoms with Crippen LogP contribution < -0.4 is 0 Å². The summed E-state index contributed by atoms with van der Waals surface area (Å²) in [4.78, 5) is 11.6. The number of carboxylic acids is 1. The van der Waals surface area contributed by atoms with Crippen molar-refractivity contribution in [3.63, 3.8) is 0 Å². The molecule has 1 aromatic rings. The molecule has 2 N–H and O–H groups in total. The molecule has 1 aliphatic carbocycles. The van der Waals surface area contributed by atoms with Crippen molar-refractivity contribution in [2.45, 2.75) is 43.1 Å². The molecule has 0 bridgehead atoms. The van der Waals surface area contributed by atoms with Gasteiger partial charge in [-0.3, -0.25) is 9.00 Å². The SMILES string of the molecule is Cc1cccc(S(=O)CC2(O)CCC(C(=O)O)CC2)c1. The zero-order valence-electron chi connectivity index (χ0n) is 11.5. The van der Waals surface area contributed by atoms with E-state index in [1.165, 1.54) is 0 Å². The smallest absolute Gasteiger partial charge is 0.306 e. The summed E-state index contributed by atoms with van der Waals surface area (Å²) in [6.07, 6.45) is 1.72. The molecule has 2 rings (SSSR count). The number of carboxylic acid groups (broad SMARTS) is 1. The van der Waals surface area contributed by atoms with E-state index in [2.05, 4.69) is 0 Å². The Bertz CT molecular complexity index is 518. The average Bonchev–Trinajstić information content (AvgIpc) is 2.38. The third-order valence-electron chi connectivity index (χ3n) is 3.92. The van der Waals surface area contributed by atoms with E-state index in [1.807, 2.05) is 25.1 Å². The number of hydrogen-bond acceptors (Lipinski definition) is 3. The van der Waals surface area contributed by atoms with Crippen LogP contribution in [0, 0.1) is 12.8 Å². The minimum Gasteiger partial charge on any atom is -0.481 e. The van der Waals surface area contributed by atoms with Gasteiger partial charge < -0.3 is 10.2 Å². The zero-order valence-corrected chi connectivity index (χ0v) is 12.4. The maximum Gasteiger partial charge on any atom is 0.306 e. The van der Waals surface area contributed by atoms with Crippen LogP contribution in [-0.4, -0.2) is 31.7 Å². The van der Waals surface area contributed by atoms with Crippen LogP contribution in [0.4, 0.5) is 0 Å². The van der Waals surface area contributed by atoms with E-state index in [1.54, 1.807) is 6.07 Å². The molecule has 1 fully saturated rings. The number of rotatable bonds is 4. The van der Waals surface area contributed by atoms with Crippen molar-refractivity contribution in [1.29, 1.82) is 0 Å². The maximum absolute atomic E-state index is 12.3. The lowest BCUT2D eigenvalue weighted by Gasteiger charge is -2.34. The van der Waals surface area contributed by atoms with Gasteiger partial charge in [-0.25, -0.2) is 0 Å². The quantitative estimate of drug-likeness (QED) is 0.892.